The predicted octanol–water partition coefficient (Wildman–Crippen LogP) is 4.21. The van der Waals surface area contributed by atoms with Crippen LogP contribution in [0.5, 0.6) is 0 Å². The van der Waals surface area contributed by atoms with E-state index in [9.17, 15) is 10.1 Å². The summed E-state index contributed by atoms with van der Waals surface area (Å²) in [4.78, 5) is 15.1. The van der Waals surface area contributed by atoms with Gasteiger partial charge in [-0.15, -0.1) is 10.2 Å². The molecule has 7 heteroatoms. The number of nitro benzene ring substituents is 1. The number of rotatable bonds is 5. The Bertz CT molecular complexity index is 1120. The second-order valence-electron chi connectivity index (χ2n) is 5.99. The third-order valence-corrected chi connectivity index (χ3v) is 4.10. The molecule has 1 N–H and O–H groups in total. The first-order valence-electron chi connectivity index (χ1n) is 8.36. The molecule has 4 rings (SSSR count). The SMILES string of the molecule is O=[N+]([O-])c1cccc(CNc2ccc3nnc(-c4ccccc4)nc3c2)c1. The lowest BCUT2D eigenvalue weighted by atomic mass is 10.2. The van der Waals surface area contributed by atoms with E-state index >= 15 is 0 Å². The van der Waals surface area contributed by atoms with Gasteiger partial charge in [-0.25, -0.2) is 4.98 Å². The van der Waals surface area contributed by atoms with Crippen LogP contribution in [0.2, 0.25) is 0 Å². The van der Waals surface area contributed by atoms with Crippen LogP contribution >= 0.6 is 0 Å². The van der Waals surface area contributed by atoms with E-state index in [1.54, 1.807) is 12.1 Å². The average molecular weight is 357 g/mol. The van der Waals surface area contributed by atoms with Crippen LogP contribution in [0.15, 0.2) is 72.8 Å². The van der Waals surface area contributed by atoms with Crippen molar-refractivity contribution in [3.63, 3.8) is 0 Å². The molecule has 0 amide bonds. The third kappa shape index (κ3) is 3.72. The smallest absolute Gasteiger partial charge is 0.269 e. The highest BCUT2D eigenvalue weighted by atomic mass is 16.6. The fourth-order valence-electron chi connectivity index (χ4n) is 2.74. The Morgan fingerprint density at radius 1 is 0.889 bits per heavy atom. The minimum Gasteiger partial charge on any atom is -0.381 e. The number of nitro groups is 1. The lowest BCUT2D eigenvalue weighted by molar-refractivity contribution is -0.384. The van der Waals surface area contributed by atoms with Gasteiger partial charge in [-0.3, -0.25) is 10.1 Å². The summed E-state index contributed by atoms with van der Waals surface area (Å²) in [6, 6.07) is 21.9. The molecule has 7 nitrogen and oxygen atoms in total. The van der Waals surface area contributed by atoms with Crippen molar-refractivity contribution in [3.8, 4) is 11.4 Å². The first-order valence-corrected chi connectivity index (χ1v) is 8.36. The zero-order valence-corrected chi connectivity index (χ0v) is 14.2. The summed E-state index contributed by atoms with van der Waals surface area (Å²) in [5.74, 6) is 0.568. The van der Waals surface area contributed by atoms with Gasteiger partial charge < -0.3 is 5.32 Å². The molecule has 0 atom stereocenters. The summed E-state index contributed by atoms with van der Waals surface area (Å²) < 4.78 is 0. The van der Waals surface area contributed by atoms with Gasteiger partial charge in [0.25, 0.3) is 5.69 Å². The lowest BCUT2D eigenvalue weighted by Gasteiger charge is -2.08. The van der Waals surface area contributed by atoms with Crippen molar-refractivity contribution < 1.29 is 4.92 Å². The summed E-state index contributed by atoms with van der Waals surface area (Å²) in [5, 5.41) is 22.6. The Labute approximate surface area is 154 Å². The summed E-state index contributed by atoms with van der Waals surface area (Å²) in [5.41, 5.74) is 4.10. The van der Waals surface area contributed by atoms with Crippen molar-refractivity contribution in [2.75, 3.05) is 5.32 Å². The van der Waals surface area contributed by atoms with Gasteiger partial charge in [-0.05, 0) is 23.8 Å². The molecule has 0 saturated heterocycles. The maximum absolute atomic E-state index is 10.9. The van der Waals surface area contributed by atoms with E-state index in [0.29, 0.717) is 17.9 Å². The van der Waals surface area contributed by atoms with Gasteiger partial charge in [-0.2, -0.15) is 0 Å². The van der Waals surface area contributed by atoms with Gasteiger partial charge in [0, 0.05) is 29.9 Å². The van der Waals surface area contributed by atoms with Crippen LogP contribution in [-0.2, 0) is 6.54 Å². The molecule has 0 radical (unpaired) electrons. The van der Waals surface area contributed by atoms with Crippen molar-refractivity contribution >= 4 is 22.4 Å². The van der Waals surface area contributed by atoms with Gasteiger partial charge >= 0.3 is 0 Å². The maximum Gasteiger partial charge on any atom is 0.269 e. The molecular formula is C20H15N5O2. The van der Waals surface area contributed by atoms with Crippen LogP contribution < -0.4 is 5.32 Å². The number of nitrogens with zero attached hydrogens (tertiary/aromatic N) is 4. The Morgan fingerprint density at radius 3 is 2.56 bits per heavy atom. The number of hydrogen-bond donors (Lipinski definition) is 1. The van der Waals surface area contributed by atoms with Gasteiger partial charge in [0.1, 0.15) is 5.52 Å². The first-order chi connectivity index (χ1) is 13.2. The number of fused-ring (bicyclic) bond motifs is 1. The fraction of sp³-hybridized carbons (Fsp3) is 0.0500. The number of non-ortho nitro benzene ring substituents is 1. The molecule has 3 aromatic carbocycles. The van der Waals surface area contributed by atoms with E-state index in [1.165, 1.54) is 6.07 Å². The Kier molecular flexibility index (Phi) is 4.40. The molecule has 0 spiro atoms. The highest BCUT2D eigenvalue weighted by Gasteiger charge is 2.07. The van der Waals surface area contributed by atoms with Crippen molar-refractivity contribution in [1.82, 2.24) is 15.2 Å². The Balaban J connectivity index is 1.57. The molecule has 4 aromatic rings. The zero-order chi connectivity index (χ0) is 18.6. The highest BCUT2D eigenvalue weighted by molar-refractivity contribution is 5.79. The predicted molar refractivity (Wildman–Crippen MR) is 103 cm³/mol. The normalized spacial score (nSPS) is 10.7. The largest absolute Gasteiger partial charge is 0.381 e. The van der Waals surface area contributed by atoms with E-state index < -0.39 is 4.92 Å². The number of aromatic nitrogens is 3. The number of benzene rings is 3. The summed E-state index contributed by atoms with van der Waals surface area (Å²) in [6.45, 7) is 0.469. The lowest BCUT2D eigenvalue weighted by Crippen LogP contribution is -2.01. The minimum atomic E-state index is -0.396. The van der Waals surface area contributed by atoms with Crippen LogP contribution in [0.25, 0.3) is 22.4 Å². The summed E-state index contributed by atoms with van der Waals surface area (Å²) in [7, 11) is 0. The van der Waals surface area contributed by atoms with Crippen molar-refractivity contribution in [2.24, 2.45) is 0 Å². The highest BCUT2D eigenvalue weighted by Crippen LogP contribution is 2.20. The zero-order valence-electron chi connectivity index (χ0n) is 14.2. The molecule has 0 aliphatic rings. The second-order valence-corrected chi connectivity index (χ2v) is 5.99. The summed E-state index contributed by atoms with van der Waals surface area (Å²) in [6.07, 6.45) is 0. The van der Waals surface area contributed by atoms with Crippen LogP contribution in [0.1, 0.15) is 5.56 Å². The molecule has 1 aromatic heterocycles. The maximum atomic E-state index is 10.9. The van der Waals surface area contributed by atoms with Crippen LogP contribution in [0.3, 0.4) is 0 Å². The molecule has 0 aliphatic carbocycles. The summed E-state index contributed by atoms with van der Waals surface area (Å²) >= 11 is 0. The standard InChI is InChI=1S/C20H15N5O2/c26-25(27)17-8-4-5-14(11-17)13-21-16-9-10-18-19(12-16)22-20(24-23-18)15-6-2-1-3-7-15/h1-12,21H,13H2. The van der Waals surface area contributed by atoms with Crippen LogP contribution in [-0.4, -0.2) is 20.1 Å². The molecule has 1 heterocycles. The molecule has 0 aliphatic heterocycles. The van der Waals surface area contributed by atoms with Crippen LogP contribution in [0.4, 0.5) is 11.4 Å². The molecule has 27 heavy (non-hydrogen) atoms. The van der Waals surface area contributed by atoms with Gasteiger partial charge in [0.2, 0.25) is 0 Å². The third-order valence-electron chi connectivity index (χ3n) is 4.10. The molecule has 0 unspecified atom stereocenters. The topological polar surface area (TPSA) is 93.8 Å². The van der Waals surface area contributed by atoms with E-state index in [-0.39, 0.29) is 5.69 Å². The fourth-order valence-corrected chi connectivity index (χ4v) is 2.74. The number of nitrogens with one attached hydrogen (secondary N) is 1. The van der Waals surface area contributed by atoms with Crippen molar-refractivity contribution in [3.05, 3.63) is 88.5 Å². The van der Waals surface area contributed by atoms with Crippen LogP contribution in [0, 0.1) is 10.1 Å². The van der Waals surface area contributed by atoms with Crippen molar-refractivity contribution in [1.29, 1.82) is 0 Å². The monoisotopic (exact) mass is 357 g/mol. The van der Waals surface area contributed by atoms with E-state index in [2.05, 4.69) is 20.5 Å². The number of anilines is 1. The Morgan fingerprint density at radius 2 is 1.74 bits per heavy atom. The molecule has 132 valence electrons. The molecule has 0 saturated carbocycles. The molecular weight excluding hydrogens is 342 g/mol. The quantitative estimate of drug-likeness (QED) is 0.425. The molecule has 0 bridgehead atoms. The number of hydrogen-bond acceptors (Lipinski definition) is 6. The average Bonchev–Trinajstić information content (AvgIpc) is 2.72. The van der Waals surface area contributed by atoms with Crippen molar-refractivity contribution in [2.45, 2.75) is 6.54 Å². The molecule has 0 fully saturated rings. The van der Waals surface area contributed by atoms with Gasteiger partial charge in [0.05, 0.1) is 10.4 Å². The van der Waals surface area contributed by atoms with Gasteiger partial charge in [-0.1, -0.05) is 42.5 Å². The van der Waals surface area contributed by atoms with E-state index in [4.69, 9.17) is 0 Å². The van der Waals surface area contributed by atoms with Gasteiger partial charge in [0.15, 0.2) is 5.82 Å². The minimum absolute atomic E-state index is 0.0808. The first kappa shape index (κ1) is 16.6. The van der Waals surface area contributed by atoms with E-state index in [1.807, 2.05) is 54.6 Å². The second kappa shape index (κ2) is 7.17. The Hall–Kier alpha value is -3.87. The van der Waals surface area contributed by atoms with E-state index in [0.717, 1.165) is 22.3 Å².